The van der Waals surface area contributed by atoms with Crippen LogP contribution in [0.5, 0.6) is 0 Å². The molecule has 0 aliphatic heterocycles. The Hall–Kier alpha value is -3.15. The molecule has 148 valence electrons. The molecule has 0 saturated carbocycles. The zero-order valence-corrected chi connectivity index (χ0v) is 16.9. The number of carbonyl (C=O) groups excluding carboxylic acids is 3. The molecule has 6 heteroatoms. The number of ether oxygens (including phenoxy) is 1. The monoisotopic (exact) mass is 382 g/mol. The lowest BCUT2D eigenvalue weighted by Gasteiger charge is -2.13. The number of esters is 1. The minimum absolute atomic E-state index is 0.304. The van der Waals surface area contributed by atoms with Crippen molar-refractivity contribution < 1.29 is 19.1 Å². The first-order valence-corrected chi connectivity index (χ1v) is 9.06. The number of nitrogens with one attached hydrogen (secondary N) is 2. The number of rotatable bonds is 6. The summed E-state index contributed by atoms with van der Waals surface area (Å²) in [7, 11) is 0. The number of carbonyl (C=O) groups is 3. The molecule has 2 N–H and O–H groups in total. The molecule has 6 nitrogen and oxygen atoms in total. The molecular formula is C22H26N2O4. The Labute approximate surface area is 165 Å². The summed E-state index contributed by atoms with van der Waals surface area (Å²) in [5.74, 6) is -1.47. The quantitative estimate of drug-likeness (QED) is 0.752. The molecule has 0 spiro atoms. The maximum Gasteiger partial charge on any atom is 0.325 e. The third kappa shape index (κ3) is 5.67. The molecule has 2 aromatic carbocycles. The third-order valence-corrected chi connectivity index (χ3v) is 4.47. The Balaban J connectivity index is 1.81. The van der Waals surface area contributed by atoms with Crippen LogP contribution in [0.3, 0.4) is 0 Å². The van der Waals surface area contributed by atoms with Crippen molar-refractivity contribution in [2.75, 3.05) is 18.5 Å². The predicted octanol–water partition coefficient (Wildman–Crippen LogP) is 3.14. The highest BCUT2D eigenvalue weighted by molar-refractivity contribution is 5.97. The first-order valence-electron chi connectivity index (χ1n) is 9.06. The van der Waals surface area contributed by atoms with Crippen LogP contribution in [-0.2, 0) is 14.3 Å². The summed E-state index contributed by atoms with van der Waals surface area (Å²) in [6.45, 7) is 8.95. The number of aryl methyl sites for hydroxylation is 5. The van der Waals surface area contributed by atoms with Gasteiger partial charge in [0.25, 0.3) is 11.8 Å². The number of hydrogen-bond donors (Lipinski definition) is 2. The molecule has 0 bridgehead atoms. The smallest absolute Gasteiger partial charge is 0.325 e. The molecule has 2 amide bonds. The molecule has 0 aromatic heterocycles. The van der Waals surface area contributed by atoms with Gasteiger partial charge in [-0.25, -0.2) is 0 Å². The molecule has 2 rings (SSSR count). The molecular weight excluding hydrogens is 356 g/mol. The van der Waals surface area contributed by atoms with Crippen LogP contribution < -0.4 is 10.6 Å². The van der Waals surface area contributed by atoms with E-state index in [2.05, 4.69) is 10.6 Å². The highest BCUT2D eigenvalue weighted by Gasteiger charge is 2.13. The fourth-order valence-corrected chi connectivity index (χ4v) is 2.89. The van der Waals surface area contributed by atoms with Gasteiger partial charge in [-0.2, -0.15) is 0 Å². The van der Waals surface area contributed by atoms with E-state index < -0.39 is 18.5 Å². The molecule has 0 aliphatic carbocycles. The molecule has 2 aromatic rings. The first kappa shape index (κ1) is 21.2. The molecule has 0 unspecified atom stereocenters. The lowest BCUT2D eigenvalue weighted by molar-refractivity contribution is -0.146. The summed E-state index contributed by atoms with van der Waals surface area (Å²) in [6, 6.07) is 9.24. The zero-order valence-electron chi connectivity index (χ0n) is 16.9. The van der Waals surface area contributed by atoms with E-state index in [1.165, 1.54) is 0 Å². The van der Waals surface area contributed by atoms with Crippen LogP contribution in [0.4, 0.5) is 5.69 Å². The van der Waals surface area contributed by atoms with Crippen LogP contribution in [0.1, 0.15) is 38.2 Å². The number of hydrogen-bond acceptors (Lipinski definition) is 4. The highest BCUT2D eigenvalue weighted by atomic mass is 16.5. The average Bonchev–Trinajstić information content (AvgIpc) is 2.63. The van der Waals surface area contributed by atoms with Crippen LogP contribution in [0.15, 0.2) is 30.3 Å². The molecule has 0 saturated heterocycles. The van der Waals surface area contributed by atoms with E-state index in [0.717, 1.165) is 33.5 Å². The maximum absolute atomic E-state index is 12.1. The zero-order chi connectivity index (χ0) is 20.8. The molecule has 0 atom stereocenters. The van der Waals surface area contributed by atoms with Crippen LogP contribution in [0.25, 0.3) is 0 Å². The van der Waals surface area contributed by atoms with E-state index >= 15 is 0 Å². The lowest BCUT2D eigenvalue weighted by Crippen LogP contribution is -2.32. The van der Waals surface area contributed by atoms with Gasteiger partial charge in [0.15, 0.2) is 6.61 Å². The number of anilines is 1. The van der Waals surface area contributed by atoms with Crippen LogP contribution in [-0.4, -0.2) is 30.9 Å². The summed E-state index contributed by atoms with van der Waals surface area (Å²) in [5, 5.41) is 5.26. The Kier molecular flexibility index (Phi) is 6.93. The topological polar surface area (TPSA) is 84.5 Å². The van der Waals surface area contributed by atoms with Gasteiger partial charge in [-0.3, -0.25) is 14.4 Å². The van der Waals surface area contributed by atoms with Crippen molar-refractivity contribution in [1.29, 1.82) is 0 Å². The molecule has 28 heavy (non-hydrogen) atoms. The van der Waals surface area contributed by atoms with E-state index in [-0.39, 0.29) is 12.5 Å². The van der Waals surface area contributed by atoms with Gasteiger partial charge in [0.1, 0.15) is 6.54 Å². The highest BCUT2D eigenvalue weighted by Crippen LogP contribution is 2.21. The normalized spacial score (nSPS) is 10.3. The second kappa shape index (κ2) is 9.17. The van der Waals surface area contributed by atoms with Gasteiger partial charge in [0.05, 0.1) is 0 Å². The van der Waals surface area contributed by atoms with E-state index in [9.17, 15) is 14.4 Å². The second-order valence-corrected chi connectivity index (χ2v) is 6.96. The number of benzene rings is 2. The van der Waals surface area contributed by atoms with Crippen LogP contribution in [0, 0.1) is 34.6 Å². The molecule has 0 fully saturated rings. The van der Waals surface area contributed by atoms with Gasteiger partial charge in [-0.1, -0.05) is 23.8 Å². The molecule has 0 radical (unpaired) electrons. The summed E-state index contributed by atoms with van der Waals surface area (Å²) < 4.78 is 4.94. The standard InChI is InChI=1S/C22H26N2O4/c1-13-8-16(4)21(17(5)9-13)24-19(25)12-28-20(26)11-23-22(27)18-7-6-14(2)15(3)10-18/h6-10H,11-12H2,1-5H3,(H,23,27)(H,24,25). The lowest BCUT2D eigenvalue weighted by atomic mass is 10.1. The maximum atomic E-state index is 12.1. The Morgan fingerprint density at radius 1 is 0.857 bits per heavy atom. The van der Waals surface area contributed by atoms with E-state index in [1.807, 2.05) is 52.8 Å². The van der Waals surface area contributed by atoms with E-state index in [4.69, 9.17) is 4.74 Å². The largest absolute Gasteiger partial charge is 0.454 e. The van der Waals surface area contributed by atoms with Crippen molar-refractivity contribution in [2.24, 2.45) is 0 Å². The van der Waals surface area contributed by atoms with Gasteiger partial charge in [-0.15, -0.1) is 0 Å². The van der Waals surface area contributed by atoms with Crippen molar-refractivity contribution in [3.8, 4) is 0 Å². The van der Waals surface area contributed by atoms with E-state index in [0.29, 0.717) is 5.56 Å². The minimum Gasteiger partial charge on any atom is -0.454 e. The van der Waals surface area contributed by atoms with Crippen molar-refractivity contribution in [1.82, 2.24) is 5.32 Å². The SMILES string of the molecule is Cc1cc(C)c(NC(=O)COC(=O)CNC(=O)c2ccc(C)c(C)c2)c(C)c1. The van der Waals surface area contributed by atoms with Crippen molar-refractivity contribution in [3.63, 3.8) is 0 Å². The van der Waals surface area contributed by atoms with Gasteiger partial charge >= 0.3 is 5.97 Å². The minimum atomic E-state index is -0.676. The van der Waals surface area contributed by atoms with Crippen molar-refractivity contribution in [3.05, 3.63) is 63.7 Å². The fraction of sp³-hybridized carbons (Fsp3) is 0.318. The van der Waals surface area contributed by atoms with E-state index in [1.54, 1.807) is 12.1 Å². The summed E-state index contributed by atoms with van der Waals surface area (Å²) >= 11 is 0. The fourth-order valence-electron chi connectivity index (χ4n) is 2.89. The van der Waals surface area contributed by atoms with Gasteiger partial charge in [0, 0.05) is 11.3 Å². The van der Waals surface area contributed by atoms with Gasteiger partial charge in [-0.05, 0) is 69.0 Å². The van der Waals surface area contributed by atoms with Crippen molar-refractivity contribution >= 4 is 23.5 Å². The van der Waals surface area contributed by atoms with Crippen LogP contribution >= 0.6 is 0 Å². The summed E-state index contributed by atoms with van der Waals surface area (Å²) in [5.41, 5.74) is 6.26. The Morgan fingerprint density at radius 2 is 1.50 bits per heavy atom. The molecule has 0 heterocycles. The molecule has 0 aliphatic rings. The van der Waals surface area contributed by atoms with Gasteiger partial charge in [0.2, 0.25) is 0 Å². The van der Waals surface area contributed by atoms with Gasteiger partial charge < -0.3 is 15.4 Å². The second-order valence-electron chi connectivity index (χ2n) is 6.96. The first-order chi connectivity index (χ1) is 13.2. The average molecular weight is 382 g/mol. The van der Waals surface area contributed by atoms with Crippen LogP contribution in [0.2, 0.25) is 0 Å². The predicted molar refractivity (Wildman–Crippen MR) is 108 cm³/mol. The number of amides is 2. The summed E-state index contributed by atoms with van der Waals surface area (Å²) in [4.78, 5) is 36.0. The van der Waals surface area contributed by atoms with Crippen molar-refractivity contribution in [2.45, 2.75) is 34.6 Å². The third-order valence-electron chi connectivity index (χ3n) is 4.47. The Morgan fingerprint density at radius 3 is 2.11 bits per heavy atom. The Bertz CT molecular complexity index is 896. The summed E-state index contributed by atoms with van der Waals surface area (Å²) in [6.07, 6.45) is 0.